The van der Waals surface area contributed by atoms with E-state index in [9.17, 15) is 4.79 Å². The monoisotopic (exact) mass is 246 g/mol. The minimum Gasteiger partial charge on any atom is -0.300 e. The average molecular weight is 246 g/mol. The molecule has 90 valence electrons. The van der Waals surface area contributed by atoms with Gasteiger partial charge in [0.2, 0.25) is 0 Å². The summed E-state index contributed by atoms with van der Waals surface area (Å²) in [6, 6.07) is 10.6. The van der Waals surface area contributed by atoms with Gasteiger partial charge in [-0.3, -0.25) is 4.79 Å². The molecule has 1 nitrogen and oxygen atoms in total. The Hall–Kier alpha value is -0.760. The zero-order valence-electron chi connectivity index (χ0n) is 10.0. The fraction of sp³-hybridized carbons (Fsp3) is 0.533. The van der Waals surface area contributed by atoms with E-state index < -0.39 is 0 Å². The zero-order valence-corrected chi connectivity index (χ0v) is 10.8. The molecule has 2 fully saturated rings. The molecule has 0 N–H and O–H groups in total. The Morgan fingerprint density at radius 1 is 1.24 bits per heavy atom. The highest BCUT2D eigenvalue weighted by molar-refractivity contribution is 8.00. The molecule has 0 radical (unpaired) electrons. The van der Waals surface area contributed by atoms with Gasteiger partial charge in [0.05, 0.1) is 0 Å². The van der Waals surface area contributed by atoms with Crippen LogP contribution in [0.3, 0.4) is 0 Å². The van der Waals surface area contributed by atoms with Crippen LogP contribution in [-0.2, 0) is 4.79 Å². The molecule has 0 aromatic heterocycles. The van der Waals surface area contributed by atoms with Crippen LogP contribution in [0.25, 0.3) is 0 Å². The van der Waals surface area contributed by atoms with Gasteiger partial charge in [0.15, 0.2) is 0 Å². The van der Waals surface area contributed by atoms with Crippen LogP contribution in [0.2, 0.25) is 0 Å². The van der Waals surface area contributed by atoms with Crippen LogP contribution in [0, 0.1) is 5.92 Å². The van der Waals surface area contributed by atoms with Crippen LogP contribution in [0.5, 0.6) is 0 Å². The van der Waals surface area contributed by atoms with Crippen molar-refractivity contribution in [1.29, 1.82) is 0 Å². The van der Waals surface area contributed by atoms with Gasteiger partial charge in [-0.1, -0.05) is 24.6 Å². The lowest BCUT2D eigenvalue weighted by Gasteiger charge is -2.44. The van der Waals surface area contributed by atoms with Crippen molar-refractivity contribution in [3.05, 3.63) is 30.3 Å². The third-order valence-electron chi connectivity index (χ3n) is 4.02. The minimum absolute atomic E-state index is 0.222. The fourth-order valence-corrected chi connectivity index (χ4v) is 4.99. The molecule has 2 saturated carbocycles. The van der Waals surface area contributed by atoms with Crippen molar-refractivity contribution in [2.24, 2.45) is 5.92 Å². The van der Waals surface area contributed by atoms with Crippen molar-refractivity contribution in [1.82, 2.24) is 0 Å². The molecule has 0 saturated heterocycles. The Morgan fingerprint density at radius 2 is 2.06 bits per heavy atom. The Bertz CT molecular complexity index is 414. The average Bonchev–Trinajstić information content (AvgIpc) is 2.28. The van der Waals surface area contributed by atoms with Crippen molar-refractivity contribution < 1.29 is 4.79 Å². The summed E-state index contributed by atoms with van der Waals surface area (Å²) in [6.07, 6.45) is 6.67. The third kappa shape index (κ3) is 2.42. The predicted octanol–water partition coefficient (Wildman–Crippen LogP) is 4.07. The van der Waals surface area contributed by atoms with Crippen LogP contribution < -0.4 is 0 Å². The molecule has 1 aromatic rings. The summed E-state index contributed by atoms with van der Waals surface area (Å²) in [5.41, 5.74) is 0. The quantitative estimate of drug-likeness (QED) is 0.782. The molecule has 0 amide bonds. The van der Waals surface area contributed by atoms with Crippen LogP contribution in [-0.4, -0.2) is 10.5 Å². The second kappa shape index (κ2) is 4.49. The van der Waals surface area contributed by atoms with Gasteiger partial charge in [-0.15, -0.1) is 11.8 Å². The molecule has 3 rings (SSSR count). The van der Waals surface area contributed by atoms with E-state index in [1.54, 1.807) is 0 Å². The Morgan fingerprint density at radius 3 is 2.88 bits per heavy atom. The molecule has 0 aliphatic heterocycles. The van der Waals surface area contributed by atoms with Crippen molar-refractivity contribution >= 4 is 17.5 Å². The van der Waals surface area contributed by atoms with E-state index >= 15 is 0 Å². The summed E-state index contributed by atoms with van der Waals surface area (Å²) < 4.78 is 0.222. The molecule has 2 bridgehead atoms. The maximum atomic E-state index is 11.9. The molecule has 2 aliphatic carbocycles. The molecule has 17 heavy (non-hydrogen) atoms. The SMILES string of the molecule is O=C1CC2CCCC(Sc3ccccc3)(C1)C2. The number of thioether (sulfide) groups is 1. The van der Waals surface area contributed by atoms with E-state index in [0.29, 0.717) is 11.7 Å². The standard InChI is InChI=1S/C15H18OS/c16-13-9-12-5-4-8-15(10-12,11-13)17-14-6-2-1-3-7-14/h1-3,6-7,12H,4-5,8-11H2. The van der Waals surface area contributed by atoms with Gasteiger partial charge in [0, 0.05) is 22.5 Å². The van der Waals surface area contributed by atoms with Crippen molar-refractivity contribution in [2.45, 2.75) is 48.2 Å². The third-order valence-corrected chi connectivity index (χ3v) is 5.47. The van der Waals surface area contributed by atoms with Gasteiger partial charge in [0.1, 0.15) is 5.78 Å². The molecule has 2 aliphatic rings. The number of hydrogen-bond acceptors (Lipinski definition) is 2. The number of ketones is 1. The summed E-state index contributed by atoms with van der Waals surface area (Å²) in [6.45, 7) is 0. The smallest absolute Gasteiger partial charge is 0.134 e. The number of hydrogen-bond donors (Lipinski definition) is 0. The van der Waals surface area contributed by atoms with Gasteiger partial charge in [-0.25, -0.2) is 0 Å². The molecule has 0 spiro atoms. The van der Waals surface area contributed by atoms with Gasteiger partial charge >= 0.3 is 0 Å². The fourth-order valence-electron chi connectivity index (χ4n) is 3.40. The first-order chi connectivity index (χ1) is 8.26. The first-order valence-electron chi connectivity index (χ1n) is 6.52. The summed E-state index contributed by atoms with van der Waals surface area (Å²) >= 11 is 1.95. The molecular weight excluding hydrogens is 228 g/mol. The van der Waals surface area contributed by atoms with Gasteiger partial charge in [-0.2, -0.15) is 0 Å². The number of carbonyl (C=O) groups excluding carboxylic acids is 1. The first-order valence-corrected chi connectivity index (χ1v) is 7.33. The van der Waals surface area contributed by atoms with Gasteiger partial charge in [0.25, 0.3) is 0 Å². The molecular formula is C15H18OS. The predicted molar refractivity (Wildman–Crippen MR) is 71.2 cm³/mol. The molecule has 2 unspecified atom stereocenters. The van der Waals surface area contributed by atoms with Crippen LogP contribution >= 0.6 is 11.8 Å². The Labute approximate surface area is 107 Å². The Balaban J connectivity index is 1.82. The maximum Gasteiger partial charge on any atom is 0.134 e. The van der Waals surface area contributed by atoms with Crippen molar-refractivity contribution in [3.8, 4) is 0 Å². The van der Waals surface area contributed by atoms with E-state index in [1.165, 1.54) is 30.6 Å². The highest BCUT2D eigenvalue weighted by Crippen LogP contribution is 2.51. The van der Waals surface area contributed by atoms with Crippen LogP contribution in [0.15, 0.2) is 35.2 Å². The normalized spacial score (nSPS) is 32.5. The number of benzene rings is 1. The molecule has 2 atom stereocenters. The van der Waals surface area contributed by atoms with Gasteiger partial charge in [-0.05, 0) is 37.3 Å². The first kappa shape index (κ1) is 11.3. The highest BCUT2D eigenvalue weighted by atomic mass is 32.2. The summed E-state index contributed by atoms with van der Waals surface area (Å²) in [7, 11) is 0. The largest absolute Gasteiger partial charge is 0.300 e. The highest BCUT2D eigenvalue weighted by Gasteiger charge is 2.43. The van der Waals surface area contributed by atoms with Crippen molar-refractivity contribution in [2.75, 3.05) is 0 Å². The van der Waals surface area contributed by atoms with E-state index in [4.69, 9.17) is 0 Å². The van der Waals surface area contributed by atoms with Gasteiger partial charge < -0.3 is 0 Å². The lowest BCUT2D eigenvalue weighted by molar-refractivity contribution is -0.123. The van der Waals surface area contributed by atoms with E-state index in [1.807, 2.05) is 11.8 Å². The molecule has 1 aromatic carbocycles. The topological polar surface area (TPSA) is 17.1 Å². The summed E-state index contributed by atoms with van der Waals surface area (Å²) in [5.74, 6) is 1.16. The van der Waals surface area contributed by atoms with E-state index in [-0.39, 0.29) is 4.75 Å². The summed E-state index contributed by atoms with van der Waals surface area (Å²) in [4.78, 5) is 13.2. The maximum absolute atomic E-state index is 11.9. The number of rotatable bonds is 2. The molecule has 2 heteroatoms. The van der Waals surface area contributed by atoms with Crippen LogP contribution in [0.1, 0.15) is 38.5 Å². The van der Waals surface area contributed by atoms with E-state index in [2.05, 4.69) is 30.3 Å². The minimum atomic E-state index is 0.222. The zero-order chi connectivity index (χ0) is 11.7. The lowest BCUT2D eigenvalue weighted by atomic mass is 9.71. The van der Waals surface area contributed by atoms with E-state index in [0.717, 1.165) is 12.8 Å². The molecule has 0 heterocycles. The number of fused-ring (bicyclic) bond motifs is 2. The Kier molecular flexibility index (Phi) is 2.99. The lowest BCUT2D eigenvalue weighted by Crippen LogP contribution is -2.40. The van der Waals surface area contributed by atoms with Crippen molar-refractivity contribution in [3.63, 3.8) is 0 Å². The summed E-state index contributed by atoms with van der Waals surface area (Å²) in [5, 5.41) is 0. The number of Topliss-reactive ketones (excluding diaryl/α,β-unsaturated/α-hetero) is 1. The number of carbonyl (C=O) groups is 1. The van der Waals surface area contributed by atoms with Crippen LogP contribution in [0.4, 0.5) is 0 Å². The second-order valence-corrected chi connectivity index (χ2v) is 7.02. The second-order valence-electron chi connectivity index (χ2n) is 5.48.